The molecular formula is C16H28N2O3. The van der Waals surface area contributed by atoms with Crippen molar-refractivity contribution < 1.29 is 14.7 Å². The van der Waals surface area contributed by atoms with Gasteiger partial charge < -0.3 is 15.3 Å². The molecule has 0 spiro atoms. The van der Waals surface area contributed by atoms with Gasteiger partial charge in [0.15, 0.2) is 0 Å². The van der Waals surface area contributed by atoms with Crippen molar-refractivity contribution in [1.82, 2.24) is 10.2 Å². The molecule has 1 aliphatic carbocycles. The molecule has 0 aromatic carbocycles. The van der Waals surface area contributed by atoms with E-state index in [2.05, 4.69) is 5.32 Å². The smallest absolute Gasteiger partial charge is 0.306 e. The van der Waals surface area contributed by atoms with Crippen molar-refractivity contribution in [3.63, 3.8) is 0 Å². The fourth-order valence-electron chi connectivity index (χ4n) is 3.50. The van der Waals surface area contributed by atoms with Gasteiger partial charge in [-0.3, -0.25) is 9.59 Å². The molecule has 5 heteroatoms. The summed E-state index contributed by atoms with van der Waals surface area (Å²) >= 11 is 0. The number of carbonyl (C=O) groups is 2. The normalized spacial score (nSPS) is 20.9. The fourth-order valence-corrected chi connectivity index (χ4v) is 3.50. The second kappa shape index (κ2) is 8.37. The number of rotatable bonds is 7. The second-order valence-corrected chi connectivity index (χ2v) is 6.46. The summed E-state index contributed by atoms with van der Waals surface area (Å²) in [5.74, 6) is 0.0258. The number of aliphatic carboxylic acids is 1. The summed E-state index contributed by atoms with van der Waals surface area (Å²) in [5.41, 5.74) is 0. The summed E-state index contributed by atoms with van der Waals surface area (Å²) in [6.07, 6.45) is 9.16. The Bertz CT molecular complexity index is 345. The lowest BCUT2D eigenvalue weighted by molar-refractivity contribution is -0.145. The molecule has 21 heavy (non-hydrogen) atoms. The standard InChI is InChI=1S/C16H28N2O3/c19-15(18-10-7-14(8-11-18)16(20)21)12-17-9-3-6-13-4-1-2-5-13/h13-14,17H,1-12H2,(H,20,21). The van der Waals surface area contributed by atoms with Gasteiger partial charge in [0.2, 0.25) is 5.91 Å². The number of hydrogen-bond donors (Lipinski definition) is 2. The maximum Gasteiger partial charge on any atom is 0.306 e. The van der Waals surface area contributed by atoms with Crippen molar-refractivity contribution in [3.05, 3.63) is 0 Å². The maximum absolute atomic E-state index is 12.0. The second-order valence-electron chi connectivity index (χ2n) is 6.46. The molecule has 1 aliphatic heterocycles. The Kier molecular flexibility index (Phi) is 6.49. The zero-order valence-corrected chi connectivity index (χ0v) is 12.9. The first kappa shape index (κ1) is 16.3. The van der Waals surface area contributed by atoms with E-state index in [0.29, 0.717) is 32.5 Å². The van der Waals surface area contributed by atoms with Crippen LogP contribution in [0.1, 0.15) is 51.4 Å². The zero-order chi connectivity index (χ0) is 15.1. The third-order valence-electron chi connectivity index (χ3n) is 4.91. The molecule has 0 radical (unpaired) electrons. The van der Waals surface area contributed by atoms with E-state index in [1.165, 1.54) is 32.1 Å². The van der Waals surface area contributed by atoms with E-state index in [1.807, 2.05) is 0 Å². The largest absolute Gasteiger partial charge is 0.481 e. The van der Waals surface area contributed by atoms with Crippen molar-refractivity contribution >= 4 is 11.9 Å². The van der Waals surface area contributed by atoms with Crippen LogP contribution in [-0.2, 0) is 9.59 Å². The highest BCUT2D eigenvalue weighted by Gasteiger charge is 2.26. The molecule has 1 heterocycles. The van der Waals surface area contributed by atoms with E-state index < -0.39 is 5.97 Å². The number of likely N-dealkylation sites (tertiary alicyclic amines) is 1. The SMILES string of the molecule is O=C(O)C1CCN(C(=O)CNCCCC2CCCC2)CC1. The molecule has 120 valence electrons. The molecule has 0 atom stereocenters. The first-order valence-electron chi connectivity index (χ1n) is 8.38. The number of carboxylic acids is 1. The van der Waals surface area contributed by atoms with Crippen molar-refractivity contribution in [1.29, 1.82) is 0 Å². The van der Waals surface area contributed by atoms with E-state index in [9.17, 15) is 9.59 Å². The monoisotopic (exact) mass is 296 g/mol. The third-order valence-corrected chi connectivity index (χ3v) is 4.91. The molecule has 1 saturated carbocycles. The molecular weight excluding hydrogens is 268 g/mol. The van der Waals surface area contributed by atoms with Gasteiger partial charge in [-0.05, 0) is 38.1 Å². The molecule has 2 aliphatic rings. The highest BCUT2D eigenvalue weighted by Crippen LogP contribution is 2.28. The van der Waals surface area contributed by atoms with E-state index >= 15 is 0 Å². The summed E-state index contributed by atoms with van der Waals surface area (Å²) in [6.45, 7) is 2.47. The average Bonchev–Trinajstić information content (AvgIpc) is 3.00. The van der Waals surface area contributed by atoms with Crippen LogP contribution in [0.4, 0.5) is 0 Å². The molecule has 0 aromatic rings. The number of amides is 1. The topological polar surface area (TPSA) is 69.6 Å². The lowest BCUT2D eigenvalue weighted by Gasteiger charge is -2.30. The van der Waals surface area contributed by atoms with E-state index in [4.69, 9.17) is 5.11 Å². The highest BCUT2D eigenvalue weighted by molar-refractivity contribution is 5.78. The molecule has 5 nitrogen and oxygen atoms in total. The van der Waals surface area contributed by atoms with Crippen LogP contribution in [0, 0.1) is 11.8 Å². The lowest BCUT2D eigenvalue weighted by atomic mass is 9.97. The maximum atomic E-state index is 12.0. The number of nitrogens with one attached hydrogen (secondary N) is 1. The molecule has 1 amide bonds. The van der Waals surface area contributed by atoms with Gasteiger partial charge in [-0.15, -0.1) is 0 Å². The van der Waals surface area contributed by atoms with Gasteiger partial charge in [-0.25, -0.2) is 0 Å². The Morgan fingerprint density at radius 2 is 1.76 bits per heavy atom. The first-order chi connectivity index (χ1) is 10.2. The number of hydrogen-bond acceptors (Lipinski definition) is 3. The first-order valence-corrected chi connectivity index (χ1v) is 8.38. The summed E-state index contributed by atoms with van der Waals surface area (Å²) in [5, 5.41) is 12.2. The van der Waals surface area contributed by atoms with Crippen LogP contribution >= 0.6 is 0 Å². The molecule has 2 fully saturated rings. The van der Waals surface area contributed by atoms with Crippen LogP contribution in [0.25, 0.3) is 0 Å². The Morgan fingerprint density at radius 1 is 1.10 bits per heavy atom. The number of nitrogens with zero attached hydrogens (tertiary/aromatic N) is 1. The number of carbonyl (C=O) groups excluding carboxylic acids is 1. The minimum atomic E-state index is -0.730. The highest BCUT2D eigenvalue weighted by atomic mass is 16.4. The quantitative estimate of drug-likeness (QED) is 0.704. The number of carboxylic acid groups (broad SMARTS) is 1. The van der Waals surface area contributed by atoms with Crippen LogP contribution in [0.15, 0.2) is 0 Å². The van der Waals surface area contributed by atoms with Crippen molar-refractivity contribution in [2.24, 2.45) is 11.8 Å². The van der Waals surface area contributed by atoms with Crippen molar-refractivity contribution in [2.75, 3.05) is 26.2 Å². The van der Waals surface area contributed by atoms with E-state index in [-0.39, 0.29) is 11.8 Å². The molecule has 0 unspecified atom stereocenters. The van der Waals surface area contributed by atoms with Crippen LogP contribution in [0.2, 0.25) is 0 Å². The van der Waals surface area contributed by atoms with Gasteiger partial charge in [0.05, 0.1) is 12.5 Å². The average molecular weight is 296 g/mol. The van der Waals surface area contributed by atoms with E-state index in [0.717, 1.165) is 18.9 Å². The Morgan fingerprint density at radius 3 is 2.38 bits per heavy atom. The number of piperidine rings is 1. The zero-order valence-electron chi connectivity index (χ0n) is 12.9. The molecule has 2 rings (SSSR count). The summed E-state index contributed by atoms with van der Waals surface area (Å²) in [6, 6.07) is 0. The fraction of sp³-hybridized carbons (Fsp3) is 0.875. The van der Waals surface area contributed by atoms with Gasteiger partial charge in [-0.1, -0.05) is 25.7 Å². The van der Waals surface area contributed by atoms with Gasteiger partial charge in [0, 0.05) is 13.1 Å². The van der Waals surface area contributed by atoms with Gasteiger partial charge in [0.1, 0.15) is 0 Å². The molecule has 0 bridgehead atoms. The molecule has 0 aromatic heterocycles. The minimum absolute atomic E-state index is 0.111. The summed E-state index contributed by atoms with van der Waals surface area (Å²) in [4.78, 5) is 24.7. The van der Waals surface area contributed by atoms with Gasteiger partial charge >= 0.3 is 5.97 Å². The Labute approximate surface area is 127 Å². The predicted molar refractivity (Wildman–Crippen MR) is 81.0 cm³/mol. The minimum Gasteiger partial charge on any atom is -0.481 e. The predicted octanol–water partition coefficient (Wildman–Crippen LogP) is 1.87. The Hall–Kier alpha value is -1.10. The van der Waals surface area contributed by atoms with Crippen molar-refractivity contribution in [2.45, 2.75) is 51.4 Å². The van der Waals surface area contributed by atoms with Crippen LogP contribution in [0.3, 0.4) is 0 Å². The molecule has 2 N–H and O–H groups in total. The lowest BCUT2D eigenvalue weighted by Crippen LogP contribution is -2.44. The summed E-state index contributed by atoms with van der Waals surface area (Å²) < 4.78 is 0. The van der Waals surface area contributed by atoms with Gasteiger partial charge in [0.25, 0.3) is 0 Å². The van der Waals surface area contributed by atoms with E-state index in [1.54, 1.807) is 4.90 Å². The van der Waals surface area contributed by atoms with Gasteiger partial charge in [-0.2, -0.15) is 0 Å². The van der Waals surface area contributed by atoms with Crippen molar-refractivity contribution in [3.8, 4) is 0 Å². The summed E-state index contributed by atoms with van der Waals surface area (Å²) in [7, 11) is 0. The van der Waals surface area contributed by atoms with Crippen LogP contribution < -0.4 is 5.32 Å². The van der Waals surface area contributed by atoms with Crippen LogP contribution in [0.5, 0.6) is 0 Å². The third kappa shape index (κ3) is 5.30. The molecule has 1 saturated heterocycles. The Balaban J connectivity index is 1.52. The van der Waals surface area contributed by atoms with Crippen LogP contribution in [-0.4, -0.2) is 48.1 Å².